The van der Waals surface area contributed by atoms with E-state index in [9.17, 15) is 0 Å². The minimum Gasteiger partial charge on any atom is -0.441 e. The summed E-state index contributed by atoms with van der Waals surface area (Å²) >= 11 is 0. The van der Waals surface area contributed by atoms with Crippen molar-refractivity contribution in [1.29, 1.82) is 0 Å². The van der Waals surface area contributed by atoms with Gasteiger partial charge in [0.05, 0.1) is 11.9 Å². The predicted octanol–water partition coefficient (Wildman–Crippen LogP) is 3.03. The number of benzene rings is 1. The third kappa shape index (κ3) is 2.42. The molecule has 0 aliphatic heterocycles. The first kappa shape index (κ1) is 12.5. The lowest BCUT2D eigenvalue weighted by atomic mass is 10.2. The van der Waals surface area contributed by atoms with Crippen molar-refractivity contribution in [3.8, 4) is 0 Å². The summed E-state index contributed by atoms with van der Waals surface area (Å²) in [5.41, 5.74) is 10.2. The lowest BCUT2D eigenvalue weighted by Gasteiger charge is -2.08. The summed E-state index contributed by atoms with van der Waals surface area (Å²) in [6.45, 7) is 4.51. The number of nitrogens with one attached hydrogen (secondary N) is 1. The fourth-order valence-electron chi connectivity index (χ4n) is 2.17. The molecule has 0 fully saturated rings. The highest BCUT2D eigenvalue weighted by Crippen LogP contribution is 2.19. The van der Waals surface area contributed by atoms with Crippen LogP contribution >= 0.6 is 0 Å². The molecule has 0 atom stereocenters. The van der Waals surface area contributed by atoms with Crippen molar-refractivity contribution in [2.24, 2.45) is 0 Å². The van der Waals surface area contributed by atoms with Gasteiger partial charge in [0.15, 0.2) is 11.5 Å². The number of aromatic nitrogens is 2. The van der Waals surface area contributed by atoms with Gasteiger partial charge in [-0.2, -0.15) is 0 Å². The van der Waals surface area contributed by atoms with E-state index in [2.05, 4.69) is 15.3 Å². The highest BCUT2D eigenvalue weighted by Gasteiger charge is 2.04. The van der Waals surface area contributed by atoms with Crippen LogP contribution in [0, 0.1) is 13.8 Å². The summed E-state index contributed by atoms with van der Waals surface area (Å²) in [4.78, 5) is 8.62. The van der Waals surface area contributed by atoms with E-state index in [1.54, 1.807) is 6.20 Å². The molecule has 0 aliphatic rings. The molecule has 2 heterocycles. The molecule has 0 spiro atoms. The van der Waals surface area contributed by atoms with Crippen LogP contribution < -0.4 is 11.1 Å². The van der Waals surface area contributed by atoms with Gasteiger partial charge in [0.25, 0.3) is 0 Å². The van der Waals surface area contributed by atoms with Gasteiger partial charge in [0, 0.05) is 13.5 Å². The molecule has 0 saturated carbocycles. The number of oxazole rings is 1. The highest BCUT2D eigenvalue weighted by molar-refractivity contribution is 5.73. The third-order valence-corrected chi connectivity index (χ3v) is 3.12. The standard InChI is InChI=1S/C15H16N4O/c1-9-5-12(16)8-18-15(9)17-7-11-3-4-14-13(6-11)19-10(2)20-14/h3-6,8H,7,16H2,1-2H3,(H,17,18). The van der Waals surface area contributed by atoms with Crippen molar-refractivity contribution in [3.63, 3.8) is 0 Å². The Labute approximate surface area is 116 Å². The van der Waals surface area contributed by atoms with Crippen LogP contribution in [0.3, 0.4) is 0 Å². The summed E-state index contributed by atoms with van der Waals surface area (Å²) in [7, 11) is 0. The van der Waals surface area contributed by atoms with Gasteiger partial charge in [-0.05, 0) is 36.2 Å². The van der Waals surface area contributed by atoms with E-state index in [1.807, 2.05) is 38.1 Å². The Morgan fingerprint density at radius 1 is 1.25 bits per heavy atom. The Balaban J connectivity index is 1.79. The van der Waals surface area contributed by atoms with Crippen molar-refractivity contribution in [2.75, 3.05) is 11.1 Å². The molecular formula is C15H16N4O. The van der Waals surface area contributed by atoms with Crippen LogP contribution in [0.15, 0.2) is 34.9 Å². The number of fused-ring (bicyclic) bond motifs is 1. The first-order chi connectivity index (χ1) is 9.61. The van der Waals surface area contributed by atoms with Gasteiger partial charge < -0.3 is 15.5 Å². The second kappa shape index (κ2) is 4.85. The van der Waals surface area contributed by atoms with E-state index in [1.165, 1.54) is 0 Å². The fourth-order valence-corrected chi connectivity index (χ4v) is 2.17. The molecule has 5 heteroatoms. The number of rotatable bonds is 3. The molecule has 0 aliphatic carbocycles. The van der Waals surface area contributed by atoms with Gasteiger partial charge in [-0.15, -0.1) is 0 Å². The van der Waals surface area contributed by atoms with Crippen LogP contribution in [0.4, 0.5) is 11.5 Å². The molecule has 0 bridgehead atoms. The Morgan fingerprint density at radius 2 is 2.10 bits per heavy atom. The van der Waals surface area contributed by atoms with Gasteiger partial charge in [-0.25, -0.2) is 9.97 Å². The Morgan fingerprint density at radius 3 is 2.90 bits per heavy atom. The zero-order valence-corrected chi connectivity index (χ0v) is 11.5. The molecule has 1 aromatic carbocycles. The lowest BCUT2D eigenvalue weighted by molar-refractivity contribution is 0.561. The molecule has 102 valence electrons. The molecule has 5 nitrogen and oxygen atoms in total. The van der Waals surface area contributed by atoms with Gasteiger partial charge >= 0.3 is 0 Å². The number of nitrogens with two attached hydrogens (primary N) is 1. The largest absolute Gasteiger partial charge is 0.441 e. The SMILES string of the molecule is Cc1nc2cc(CNc3ncc(N)cc3C)ccc2o1. The van der Waals surface area contributed by atoms with Crippen molar-refractivity contribution >= 4 is 22.6 Å². The normalized spacial score (nSPS) is 10.9. The van der Waals surface area contributed by atoms with E-state index >= 15 is 0 Å². The second-order valence-electron chi connectivity index (χ2n) is 4.82. The summed E-state index contributed by atoms with van der Waals surface area (Å²) in [6, 6.07) is 7.88. The molecule has 3 rings (SSSR count). The summed E-state index contributed by atoms with van der Waals surface area (Å²) in [6.07, 6.45) is 1.65. The number of pyridine rings is 1. The van der Waals surface area contributed by atoms with Gasteiger partial charge in [-0.1, -0.05) is 6.07 Å². The molecule has 0 saturated heterocycles. The van der Waals surface area contributed by atoms with Crippen molar-refractivity contribution in [2.45, 2.75) is 20.4 Å². The summed E-state index contributed by atoms with van der Waals surface area (Å²) in [5, 5.41) is 3.30. The number of nitrogen functional groups attached to an aromatic ring is 1. The monoisotopic (exact) mass is 268 g/mol. The minimum absolute atomic E-state index is 0.674. The Bertz CT molecular complexity index is 764. The smallest absolute Gasteiger partial charge is 0.192 e. The molecule has 0 unspecified atom stereocenters. The van der Waals surface area contributed by atoms with Crippen LogP contribution in [-0.2, 0) is 6.54 Å². The first-order valence-corrected chi connectivity index (χ1v) is 6.44. The van der Waals surface area contributed by atoms with Gasteiger partial charge in [0.2, 0.25) is 0 Å². The van der Waals surface area contributed by atoms with E-state index in [-0.39, 0.29) is 0 Å². The second-order valence-corrected chi connectivity index (χ2v) is 4.82. The molecule has 0 amide bonds. The van der Waals surface area contributed by atoms with E-state index in [4.69, 9.17) is 10.2 Å². The zero-order valence-electron chi connectivity index (χ0n) is 11.5. The average molecular weight is 268 g/mol. The van der Waals surface area contributed by atoms with E-state index in [0.29, 0.717) is 18.1 Å². The van der Waals surface area contributed by atoms with Crippen molar-refractivity contribution in [3.05, 3.63) is 47.5 Å². The number of nitrogens with zero attached hydrogens (tertiary/aromatic N) is 2. The summed E-state index contributed by atoms with van der Waals surface area (Å²) < 4.78 is 5.46. The average Bonchev–Trinajstić information content (AvgIpc) is 2.77. The lowest BCUT2D eigenvalue weighted by Crippen LogP contribution is -2.03. The predicted molar refractivity (Wildman–Crippen MR) is 79.5 cm³/mol. The van der Waals surface area contributed by atoms with Crippen LogP contribution in [0.5, 0.6) is 0 Å². The maximum absolute atomic E-state index is 5.69. The van der Waals surface area contributed by atoms with Gasteiger partial charge in [0.1, 0.15) is 11.3 Å². The summed E-state index contributed by atoms with van der Waals surface area (Å²) in [5.74, 6) is 1.52. The maximum atomic E-state index is 5.69. The third-order valence-electron chi connectivity index (χ3n) is 3.12. The fraction of sp³-hybridized carbons (Fsp3) is 0.200. The van der Waals surface area contributed by atoms with Crippen LogP contribution in [-0.4, -0.2) is 9.97 Å². The molecule has 3 aromatic rings. The Hall–Kier alpha value is -2.56. The van der Waals surface area contributed by atoms with E-state index < -0.39 is 0 Å². The molecule has 2 aromatic heterocycles. The van der Waals surface area contributed by atoms with E-state index in [0.717, 1.165) is 28.0 Å². The first-order valence-electron chi connectivity index (χ1n) is 6.44. The number of hydrogen-bond acceptors (Lipinski definition) is 5. The van der Waals surface area contributed by atoms with Crippen LogP contribution in [0.2, 0.25) is 0 Å². The minimum atomic E-state index is 0.674. The number of aryl methyl sites for hydroxylation is 2. The number of anilines is 2. The molecular weight excluding hydrogens is 252 g/mol. The highest BCUT2D eigenvalue weighted by atomic mass is 16.3. The van der Waals surface area contributed by atoms with Gasteiger partial charge in [-0.3, -0.25) is 0 Å². The van der Waals surface area contributed by atoms with Crippen molar-refractivity contribution in [1.82, 2.24) is 9.97 Å². The van der Waals surface area contributed by atoms with Crippen molar-refractivity contribution < 1.29 is 4.42 Å². The molecule has 20 heavy (non-hydrogen) atoms. The number of hydrogen-bond donors (Lipinski definition) is 2. The van der Waals surface area contributed by atoms with Crippen LogP contribution in [0.1, 0.15) is 17.0 Å². The zero-order chi connectivity index (χ0) is 14.1. The van der Waals surface area contributed by atoms with Crippen LogP contribution in [0.25, 0.3) is 11.1 Å². The topological polar surface area (TPSA) is 77.0 Å². The quantitative estimate of drug-likeness (QED) is 0.763. The molecule has 3 N–H and O–H groups in total. The maximum Gasteiger partial charge on any atom is 0.192 e. The molecule has 0 radical (unpaired) electrons. The Kier molecular flexibility index (Phi) is 3.02.